The number of phenolic OH excluding ortho intramolecular Hbond substituents is 1. The topological polar surface area (TPSA) is 182 Å². The molecule has 2 aromatic carbocycles. The van der Waals surface area contributed by atoms with Gasteiger partial charge in [0.2, 0.25) is 5.78 Å². The van der Waals surface area contributed by atoms with Gasteiger partial charge in [0.25, 0.3) is 5.91 Å². The number of aliphatic hydroxyl groups is 4. The summed E-state index contributed by atoms with van der Waals surface area (Å²) < 4.78 is 0.810. The number of primary amides is 1. The lowest BCUT2D eigenvalue weighted by Crippen LogP contribution is -2.68. The van der Waals surface area contributed by atoms with E-state index in [9.17, 15) is 39.9 Å². The highest BCUT2D eigenvalue weighted by atomic mass is 79.9. The molecule has 0 saturated heterocycles. The van der Waals surface area contributed by atoms with E-state index in [0.29, 0.717) is 11.1 Å². The van der Waals surface area contributed by atoms with Crippen molar-refractivity contribution >= 4 is 45.1 Å². The lowest BCUT2D eigenvalue weighted by atomic mass is 9.56. The third kappa shape index (κ3) is 3.69. The lowest BCUT2D eigenvalue weighted by Gasteiger charge is -2.52. The predicted octanol–water partition coefficient (Wildman–Crippen LogP) is 1.85. The summed E-state index contributed by atoms with van der Waals surface area (Å²) in [5.74, 6) is -8.83. The molecule has 0 bridgehead atoms. The van der Waals surface area contributed by atoms with Crippen molar-refractivity contribution in [3.05, 3.63) is 86.3 Å². The van der Waals surface area contributed by atoms with Crippen LogP contribution in [-0.4, -0.2) is 79.7 Å². The van der Waals surface area contributed by atoms with Gasteiger partial charge in [0.05, 0.1) is 29.2 Å². The molecule has 1 amide bonds. The summed E-state index contributed by atoms with van der Waals surface area (Å²) in [7, 11) is 2.97. The van der Waals surface area contributed by atoms with Crippen LogP contribution in [0.25, 0.3) is 11.6 Å². The number of hydrogen-bond donors (Lipinski definition) is 6. The number of amides is 1. The number of aliphatic hydroxyl groups excluding tert-OH is 3. The zero-order valence-corrected chi connectivity index (χ0v) is 22.4. The highest BCUT2D eigenvalue weighted by molar-refractivity contribution is 9.10. The van der Waals surface area contributed by atoms with Crippen molar-refractivity contribution in [3.63, 3.8) is 0 Å². The number of likely N-dealkylation sites (N-methyl/N-ethyl adjacent to an activating group) is 1. The van der Waals surface area contributed by atoms with Crippen LogP contribution in [0.3, 0.4) is 0 Å². The van der Waals surface area contributed by atoms with Crippen LogP contribution in [0.5, 0.6) is 5.75 Å². The minimum Gasteiger partial charge on any atom is -0.510 e. The molecule has 0 radical (unpaired) electrons. The normalized spacial score (nSPS) is 29.4. The minimum absolute atomic E-state index is 0.186. The fourth-order valence-electron chi connectivity index (χ4n) is 6.05. The number of nitrogens with zero attached hydrogens (tertiary/aromatic N) is 1. The van der Waals surface area contributed by atoms with Gasteiger partial charge in [-0.3, -0.25) is 19.3 Å². The number of ketones is 2. The molecule has 5 atom stereocenters. The third-order valence-corrected chi connectivity index (χ3v) is 8.25. The summed E-state index contributed by atoms with van der Waals surface area (Å²) in [5.41, 5.74) is 2.02. The zero-order valence-electron chi connectivity index (χ0n) is 20.8. The summed E-state index contributed by atoms with van der Waals surface area (Å²) in [6.45, 7) is 0. The molecule has 10 nitrogen and oxygen atoms in total. The van der Waals surface area contributed by atoms with E-state index in [1.54, 1.807) is 36.4 Å². The maximum Gasteiger partial charge on any atom is 0.255 e. The van der Waals surface area contributed by atoms with E-state index in [-0.39, 0.29) is 11.1 Å². The van der Waals surface area contributed by atoms with Crippen LogP contribution in [0.4, 0.5) is 0 Å². The molecule has 2 aromatic rings. The van der Waals surface area contributed by atoms with Gasteiger partial charge in [-0.25, -0.2) is 0 Å². The number of phenols is 1. The fraction of sp³-hybridized carbons (Fsp3) is 0.250. The van der Waals surface area contributed by atoms with Crippen molar-refractivity contribution < 1.29 is 39.9 Å². The van der Waals surface area contributed by atoms with Gasteiger partial charge in [0.1, 0.15) is 22.8 Å². The monoisotopic (exact) mass is 596 g/mol. The van der Waals surface area contributed by atoms with Crippen LogP contribution in [0.1, 0.15) is 21.5 Å². The van der Waals surface area contributed by atoms with Gasteiger partial charge >= 0.3 is 0 Å². The Morgan fingerprint density at radius 1 is 1.08 bits per heavy atom. The molecule has 0 heterocycles. The lowest BCUT2D eigenvalue weighted by molar-refractivity contribution is -0.159. The molecule has 11 heteroatoms. The minimum atomic E-state index is -2.98. The summed E-state index contributed by atoms with van der Waals surface area (Å²) in [4.78, 5) is 40.8. The van der Waals surface area contributed by atoms with Crippen molar-refractivity contribution in [1.82, 2.24) is 4.90 Å². The molecule has 3 aliphatic rings. The van der Waals surface area contributed by atoms with Gasteiger partial charge in [0.15, 0.2) is 11.4 Å². The van der Waals surface area contributed by atoms with Crippen LogP contribution in [0.15, 0.2) is 69.6 Å². The number of benzene rings is 2. The number of hydrogen-bond acceptors (Lipinski definition) is 9. The Balaban J connectivity index is 1.86. The van der Waals surface area contributed by atoms with Crippen LogP contribution in [0.2, 0.25) is 0 Å². The smallest absolute Gasteiger partial charge is 0.255 e. The number of carbonyl (C=O) groups excluding carboxylic acids is 3. The third-order valence-electron chi connectivity index (χ3n) is 7.72. The second-order valence-corrected chi connectivity index (χ2v) is 11.0. The first-order valence-electron chi connectivity index (χ1n) is 11.9. The Morgan fingerprint density at radius 3 is 2.31 bits per heavy atom. The number of rotatable bonds is 3. The molecule has 0 spiro atoms. The van der Waals surface area contributed by atoms with E-state index >= 15 is 0 Å². The number of carbonyl (C=O) groups is 3. The molecule has 5 unspecified atom stereocenters. The second kappa shape index (κ2) is 9.16. The first-order chi connectivity index (χ1) is 18.3. The molecular formula is C28H25BrN2O8. The first-order valence-corrected chi connectivity index (χ1v) is 12.7. The number of halogens is 1. The van der Waals surface area contributed by atoms with Crippen LogP contribution < -0.4 is 5.73 Å². The van der Waals surface area contributed by atoms with E-state index in [4.69, 9.17) is 5.73 Å². The number of Topliss-reactive ketones (excluding diaryl/α,β-unsaturated/α-hetero) is 2. The van der Waals surface area contributed by atoms with Crippen molar-refractivity contribution in [3.8, 4) is 5.75 Å². The Morgan fingerprint density at radius 2 is 1.72 bits per heavy atom. The largest absolute Gasteiger partial charge is 0.510 e. The van der Waals surface area contributed by atoms with Crippen LogP contribution in [0, 0.1) is 11.8 Å². The van der Waals surface area contributed by atoms with E-state index in [1.807, 2.05) is 0 Å². The van der Waals surface area contributed by atoms with Crippen LogP contribution >= 0.6 is 15.9 Å². The molecular weight excluding hydrogens is 572 g/mol. The van der Waals surface area contributed by atoms with E-state index in [1.165, 1.54) is 31.1 Å². The van der Waals surface area contributed by atoms with Crippen LogP contribution in [-0.2, 0) is 9.59 Å². The van der Waals surface area contributed by atoms with Gasteiger partial charge in [0, 0.05) is 10.4 Å². The van der Waals surface area contributed by atoms with E-state index in [0.717, 1.165) is 4.47 Å². The average molecular weight is 597 g/mol. The Bertz CT molecular complexity index is 1540. The molecule has 202 valence electrons. The van der Waals surface area contributed by atoms with Gasteiger partial charge < -0.3 is 31.3 Å². The summed E-state index contributed by atoms with van der Waals surface area (Å²) in [5, 5.41) is 56.8. The summed E-state index contributed by atoms with van der Waals surface area (Å²) in [6, 6.07) is 10.1. The maximum absolute atomic E-state index is 13.8. The highest BCUT2D eigenvalue weighted by Gasteiger charge is 2.67. The first kappa shape index (κ1) is 26.8. The second-order valence-electron chi connectivity index (χ2n) is 10.1. The number of nitrogens with two attached hydrogens (primary N) is 1. The quantitative estimate of drug-likeness (QED) is 0.288. The summed E-state index contributed by atoms with van der Waals surface area (Å²) in [6.07, 6.45) is -0.0577. The van der Waals surface area contributed by atoms with Crippen molar-refractivity contribution in [2.75, 3.05) is 14.1 Å². The molecule has 0 fully saturated rings. The van der Waals surface area contributed by atoms with E-state index < -0.39 is 75.5 Å². The molecule has 0 aliphatic heterocycles. The van der Waals surface area contributed by atoms with Crippen molar-refractivity contribution in [2.45, 2.75) is 17.7 Å². The molecule has 0 saturated carbocycles. The zero-order chi connectivity index (χ0) is 28.5. The van der Waals surface area contributed by atoms with Crippen molar-refractivity contribution in [2.24, 2.45) is 17.6 Å². The Hall–Kier alpha value is -3.77. The molecule has 7 N–H and O–H groups in total. The number of fused-ring (bicyclic) bond motifs is 3. The SMILES string of the molecule is CN(C)C1C(O)=C(C(N)=O)C(=O)C2(O)C(O)=C3C(=O)c4c(O)cccc4/C(=C\c4ccc(Br)cc4)C3C(O)C12. The molecule has 3 aliphatic carbocycles. The van der Waals surface area contributed by atoms with Gasteiger partial charge in [-0.05, 0) is 49.0 Å². The van der Waals surface area contributed by atoms with Gasteiger partial charge in [-0.2, -0.15) is 0 Å². The van der Waals surface area contributed by atoms with Gasteiger partial charge in [-0.15, -0.1) is 0 Å². The molecule has 0 aromatic heterocycles. The van der Waals surface area contributed by atoms with E-state index in [2.05, 4.69) is 15.9 Å². The standard InChI is InChI=1S/C28H25BrN2O8/c1-31(2)21-20-23(34)17-14(10-11-6-8-12(29)9-7-11)13-4-3-5-15(32)16(13)22(33)18(17)25(36)28(20,39)26(37)19(24(21)35)27(30)38/h3-10,17,20-21,23,32,34-36,39H,1-2H3,(H2,30,38)/b14-10+. The molecule has 39 heavy (non-hydrogen) atoms. The Kier molecular flexibility index (Phi) is 6.30. The number of aromatic hydroxyl groups is 1. The fourth-order valence-corrected chi connectivity index (χ4v) is 6.32. The predicted molar refractivity (Wildman–Crippen MR) is 143 cm³/mol. The Labute approximate surface area is 231 Å². The summed E-state index contributed by atoms with van der Waals surface area (Å²) >= 11 is 3.37. The maximum atomic E-state index is 13.8. The van der Waals surface area contributed by atoms with Crippen molar-refractivity contribution in [1.29, 1.82) is 0 Å². The highest BCUT2D eigenvalue weighted by Crippen LogP contribution is 2.55. The average Bonchev–Trinajstić information content (AvgIpc) is 2.86. The van der Waals surface area contributed by atoms with Gasteiger partial charge in [-0.1, -0.05) is 46.3 Å². The molecule has 5 rings (SSSR count).